The predicted octanol–water partition coefficient (Wildman–Crippen LogP) is 4.26. The van der Waals surface area contributed by atoms with E-state index in [1.54, 1.807) is 7.05 Å². The Morgan fingerprint density at radius 3 is 2.53 bits per heavy atom. The van der Waals surface area contributed by atoms with Crippen LogP contribution in [-0.4, -0.2) is 36.0 Å². The van der Waals surface area contributed by atoms with Crippen molar-refractivity contribution < 1.29 is 13.2 Å². The third-order valence-corrected chi connectivity index (χ3v) is 5.95. The normalized spacial score (nSPS) is 18.4. The largest absolute Gasteiger partial charge is 0.434 e. The highest BCUT2D eigenvalue weighted by Gasteiger charge is 2.33. The Bertz CT molecular complexity index is 832. The lowest BCUT2D eigenvalue weighted by Gasteiger charge is -2.30. The van der Waals surface area contributed by atoms with Gasteiger partial charge < -0.3 is 10.6 Å². The summed E-state index contributed by atoms with van der Waals surface area (Å²) in [4.78, 5) is 10.2. The molecule has 1 fully saturated rings. The molecule has 164 valence electrons. The van der Waals surface area contributed by atoms with Gasteiger partial charge in [-0.1, -0.05) is 31.2 Å². The number of benzene rings is 1. The van der Waals surface area contributed by atoms with Gasteiger partial charge >= 0.3 is 6.18 Å². The first-order valence-electron chi connectivity index (χ1n) is 10.1. The minimum Gasteiger partial charge on any atom is -0.352 e. The zero-order valence-electron chi connectivity index (χ0n) is 17.3. The van der Waals surface area contributed by atoms with Crippen LogP contribution in [0.1, 0.15) is 41.6 Å². The van der Waals surface area contributed by atoms with Crippen molar-refractivity contribution in [1.82, 2.24) is 20.5 Å². The quantitative estimate of drug-likeness (QED) is 0.522. The number of piperidine rings is 1. The van der Waals surface area contributed by atoms with Crippen LogP contribution in [0.4, 0.5) is 13.2 Å². The molecule has 2 heterocycles. The van der Waals surface area contributed by atoms with Gasteiger partial charge in [-0.05, 0) is 36.4 Å². The number of nitrogens with zero attached hydrogens (tertiary/aromatic N) is 3. The highest BCUT2D eigenvalue weighted by molar-refractivity contribution is 7.09. The number of rotatable bonds is 6. The standard InChI is InChI=1S/C21H28F3N5S/c1-15-4-3-9-29(12-15)13-17-7-5-16(6-8-17)10-26-20(25-2)27-11-19-28-18(14-30-19)21(22,23)24/h5-8,14-15H,3-4,9-13H2,1-2H3,(H2,25,26,27). The van der Waals surface area contributed by atoms with Crippen molar-refractivity contribution in [3.63, 3.8) is 0 Å². The van der Waals surface area contributed by atoms with E-state index in [1.807, 2.05) is 0 Å². The van der Waals surface area contributed by atoms with Crippen molar-refractivity contribution in [1.29, 1.82) is 0 Å². The summed E-state index contributed by atoms with van der Waals surface area (Å²) in [5.41, 5.74) is 1.56. The molecule has 1 saturated heterocycles. The second kappa shape index (κ2) is 10.3. The number of aromatic nitrogens is 1. The van der Waals surface area contributed by atoms with Gasteiger partial charge in [0.2, 0.25) is 0 Å². The number of thiazole rings is 1. The van der Waals surface area contributed by atoms with E-state index in [0.29, 0.717) is 17.5 Å². The van der Waals surface area contributed by atoms with Gasteiger partial charge in [-0.15, -0.1) is 11.3 Å². The Morgan fingerprint density at radius 1 is 1.20 bits per heavy atom. The van der Waals surface area contributed by atoms with E-state index >= 15 is 0 Å². The second-order valence-corrected chi connectivity index (χ2v) is 8.65. The smallest absolute Gasteiger partial charge is 0.352 e. The van der Waals surface area contributed by atoms with Crippen LogP contribution in [0.5, 0.6) is 0 Å². The Balaban J connectivity index is 1.45. The molecule has 1 aliphatic rings. The lowest BCUT2D eigenvalue weighted by molar-refractivity contribution is -0.140. The number of likely N-dealkylation sites (tertiary alicyclic amines) is 1. The molecule has 30 heavy (non-hydrogen) atoms. The number of halogens is 3. The van der Waals surface area contributed by atoms with Crippen LogP contribution in [0.2, 0.25) is 0 Å². The van der Waals surface area contributed by atoms with E-state index in [1.165, 1.54) is 24.9 Å². The van der Waals surface area contributed by atoms with Gasteiger partial charge in [0, 0.05) is 32.1 Å². The Hall–Kier alpha value is -2.13. The van der Waals surface area contributed by atoms with Gasteiger partial charge in [0.15, 0.2) is 11.7 Å². The molecule has 1 aromatic heterocycles. The van der Waals surface area contributed by atoms with Crippen LogP contribution in [0.15, 0.2) is 34.6 Å². The Labute approximate surface area is 179 Å². The molecule has 0 saturated carbocycles. The molecule has 2 N–H and O–H groups in total. The highest BCUT2D eigenvalue weighted by Crippen LogP contribution is 2.29. The van der Waals surface area contributed by atoms with E-state index in [-0.39, 0.29) is 6.54 Å². The SMILES string of the molecule is CN=C(NCc1ccc(CN2CCCC(C)C2)cc1)NCc1nc(C(F)(F)F)cs1. The maximum Gasteiger partial charge on any atom is 0.434 e. The first-order chi connectivity index (χ1) is 14.3. The van der Waals surface area contributed by atoms with Crippen molar-refractivity contribution in [2.45, 2.75) is 45.6 Å². The number of aliphatic imine (C=N–C) groups is 1. The van der Waals surface area contributed by atoms with Crippen LogP contribution in [0, 0.1) is 5.92 Å². The second-order valence-electron chi connectivity index (χ2n) is 7.70. The summed E-state index contributed by atoms with van der Waals surface area (Å²) in [7, 11) is 1.63. The summed E-state index contributed by atoms with van der Waals surface area (Å²) in [6.07, 6.45) is -1.82. The van der Waals surface area contributed by atoms with Crippen molar-refractivity contribution in [2.24, 2.45) is 10.9 Å². The third kappa shape index (κ3) is 6.70. The van der Waals surface area contributed by atoms with Gasteiger partial charge in [0.05, 0.1) is 6.54 Å². The number of hydrogen-bond acceptors (Lipinski definition) is 4. The van der Waals surface area contributed by atoms with E-state index in [9.17, 15) is 13.2 Å². The van der Waals surface area contributed by atoms with Crippen molar-refractivity contribution in [2.75, 3.05) is 20.1 Å². The fraction of sp³-hybridized carbons (Fsp3) is 0.524. The lowest BCUT2D eigenvalue weighted by Crippen LogP contribution is -2.36. The summed E-state index contributed by atoms with van der Waals surface area (Å²) in [5, 5.41) is 7.58. The number of nitrogens with one attached hydrogen (secondary N) is 2. The molecule has 0 aliphatic carbocycles. The molecular formula is C21H28F3N5S. The van der Waals surface area contributed by atoms with E-state index in [4.69, 9.17) is 0 Å². The molecule has 0 bridgehead atoms. The molecular weight excluding hydrogens is 411 g/mol. The first kappa shape index (κ1) is 22.6. The third-order valence-electron chi connectivity index (χ3n) is 5.10. The van der Waals surface area contributed by atoms with Crippen LogP contribution in [0.3, 0.4) is 0 Å². The summed E-state index contributed by atoms with van der Waals surface area (Å²) in [6.45, 7) is 6.38. The summed E-state index contributed by atoms with van der Waals surface area (Å²) in [6, 6.07) is 8.50. The topological polar surface area (TPSA) is 52.6 Å². The monoisotopic (exact) mass is 439 g/mol. The Kier molecular flexibility index (Phi) is 7.71. The fourth-order valence-corrected chi connectivity index (χ4v) is 4.28. The van der Waals surface area contributed by atoms with E-state index < -0.39 is 11.9 Å². The van der Waals surface area contributed by atoms with Crippen LogP contribution >= 0.6 is 11.3 Å². The van der Waals surface area contributed by atoms with Gasteiger partial charge in [-0.2, -0.15) is 13.2 Å². The van der Waals surface area contributed by atoms with Crippen molar-refractivity contribution in [3.8, 4) is 0 Å². The molecule has 1 unspecified atom stereocenters. The summed E-state index contributed by atoms with van der Waals surface area (Å²) in [5.74, 6) is 1.29. The molecule has 1 aliphatic heterocycles. The maximum atomic E-state index is 12.6. The van der Waals surface area contributed by atoms with Crippen molar-refractivity contribution in [3.05, 3.63) is 51.5 Å². The van der Waals surface area contributed by atoms with Crippen LogP contribution < -0.4 is 10.6 Å². The molecule has 0 spiro atoms. The van der Waals surface area contributed by atoms with Crippen LogP contribution in [0.25, 0.3) is 0 Å². The first-order valence-corrected chi connectivity index (χ1v) is 11.0. The molecule has 0 amide bonds. The summed E-state index contributed by atoms with van der Waals surface area (Å²) < 4.78 is 37.9. The van der Waals surface area contributed by atoms with Gasteiger partial charge in [-0.3, -0.25) is 9.89 Å². The van der Waals surface area contributed by atoms with Crippen molar-refractivity contribution >= 4 is 17.3 Å². The molecule has 0 radical (unpaired) electrons. The highest BCUT2D eigenvalue weighted by atomic mass is 32.1. The van der Waals surface area contributed by atoms with E-state index in [2.05, 4.69) is 56.7 Å². The van der Waals surface area contributed by atoms with Gasteiger partial charge in [-0.25, -0.2) is 4.98 Å². The predicted molar refractivity (Wildman–Crippen MR) is 114 cm³/mol. The molecule has 3 rings (SSSR count). The molecule has 1 atom stereocenters. The maximum absolute atomic E-state index is 12.6. The fourth-order valence-electron chi connectivity index (χ4n) is 3.54. The minimum atomic E-state index is -4.41. The molecule has 9 heteroatoms. The lowest BCUT2D eigenvalue weighted by atomic mass is 9.99. The number of hydrogen-bond donors (Lipinski definition) is 2. The zero-order valence-corrected chi connectivity index (χ0v) is 18.1. The Morgan fingerprint density at radius 2 is 1.90 bits per heavy atom. The molecule has 5 nitrogen and oxygen atoms in total. The average Bonchev–Trinajstić information content (AvgIpc) is 3.19. The zero-order chi connectivity index (χ0) is 21.6. The molecule has 2 aromatic rings. The van der Waals surface area contributed by atoms with E-state index in [0.717, 1.165) is 41.3 Å². The van der Waals surface area contributed by atoms with Gasteiger partial charge in [0.1, 0.15) is 5.01 Å². The number of alkyl halides is 3. The van der Waals surface area contributed by atoms with Crippen LogP contribution in [-0.2, 0) is 25.8 Å². The summed E-state index contributed by atoms with van der Waals surface area (Å²) >= 11 is 0.979. The average molecular weight is 440 g/mol. The molecule has 1 aromatic carbocycles. The number of guanidine groups is 1. The minimum absolute atomic E-state index is 0.188. The van der Waals surface area contributed by atoms with Gasteiger partial charge in [0.25, 0.3) is 0 Å².